The van der Waals surface area contributed by atoms with Gasteiger partial charge in [-0.25, -0.2) is 19.4 Å². The quantitative estimate of drug-likeness (QED) is 0.299. The van der Waals surface area contributed by atoms with E-state index in [0.29, 0.717) is 47.3 Å². The number of benzene rings is 1. The van der Waals surface area contributed by atoms with E-state index in [1.165, 1.54) is 11.6 Å². The fourth-order valence-electron chi connectivity index (χ4n) is 4.80. The van der Waals surface area contributed by atoms with E-state index >= 15 is 0 Å². The number of likely N-dealkylation sites (tertiary alicyclic amines) is 1. The Kier molecular flexibility index (Phi) is 8.27. The minimum Gasteiger partial charge on any atom is -0.444 e. The van der Waals surface area contributed by atoms with Gasteiger partial charge in [0.1, 0.15) is 22.8 Å². The van der Waals surface area contributed by atoms with E-state index in [2.05, 4.69) is 24.1 Å². The lowest BCUT2D eigenvalue weighted by Gasteiger charge is -2.36. The summed E-state index contributed by atoms with van der Waals surface area (Å²) in [5, 5.41) is 2.84. The van der Waals surface area contributed by atoms with Crippen LogP contribution in [0.2, 0.25) is 0 Å². The number of nitrogens with two attached hydrogens (primary N) is 1. The van der Waals surface area contributed by atoms with Gasteiger partial charge in [-0.1, -0.05) is 26.0 Å². The number of Topliss-reactive ketones (excluding diaryl/α,β-unsaturated/α-hetero) is 1. The third-order valence-electron chi connectivity index (χ3n) is 6.81. The van der Waals surface area contributed by atoms with Gasteiger partial charge in [0, 0.05) is 30.8 Å². The van der Waals surface area contributed by atoms with Crippen molar-refractivity contribution >= 4 is 23.6 Å². The van der Waals surface area contributed by atoms with Crippen molar-refractivity contribution in [3.8, 4) is 11.3 Å². The molecule has 3 aromatic rings. The molecule has 1 aliphatic heterocycles. The van der Waals surface area contributed by atoms with E-state index in [9.17, 15) is 14.4 Å². The summed E-state index contributed by atoms with van der Waals surface area (Å²) in [4.78, 5) is 49.3. The van der Waals surface area contributed by atoms with Crippen molar-refractivity contribution in [2.75, 3.05) is 17.7 Å². The Morgan fingerprint density at radius 1 is 1.10 bits per heavy atom. The van der Waals surface area contributed by atoms with Crippen molar-refractivity contribution in [3.63, 3.8) is 0 Å². The van der Waals surface area contributed by atoms with E-state index in [1.54, 1.807) is 35.4 Å². The van der Waals surface area contributed by atoms with Crippen LogP contribution in [-0.4, -0.2) is 49.5 Å². The molecule has 10 heteroatoms. The van der Waals surface area contributed by atoms with Crippen LogP contribution in [0.4, 0.5) is 10.6 Å². The standard InChI is InChI=1S/C30H38N6O4/c1-18(2)22-14-15-32-24(17-22)33-28(38)21-12-10-20(11-13-21)25-26(19(3)37)36(31)27(34-25)23-9-7-8-16-35(23)29(39)40-30(4,5)6/h10-15,17-18,23H,7-9,16,31H2,1-6H3,(H,32,33,38)/t23-/m0/s1. The van der Waals surface area contributed by atoms with E-state index in [0.717, 1.165) is 18.4 Å². The highest BCUT2D eigenvalue weighted by Gasteiger charge is 2.36. The molecule has 3 N–H and O–H groups in total. The molecule has 0 radical (unpaired) electrons. The zero-order chi connectivity index (χ0) is 29.2. The summed E-state index contributed by atoms with van der Waals surface area (Å²) in [6.45, 7) is 11.6. The average Bonchev–Trinajstić information content (AvgIpc) is 3.25. The van der Waals surface area contributed by atoms with Gasteiger partial charge in [0.05, 0.1) is 6.04 Å². The fourth-order valence-corrected chi connectivity index (χ4v) is 4.80. The van der Waals surface area contributed by atoms with Crippen LogP contribution in [0, 0.1) is 0 Å². The van der Waals surface area contributed by atoms with Gasteiger partial charge in [0.25, 0.3) is 5.91 Å². The molecule has 2 amide bonds. The van der Waals surface area contributed by atoms with Crippen LogP contribution in [0.3, 0.4) is 0 Å². The number of nitrogens with zero attached hydrogens (tertiary/aromatic N) is 4. The number of ketones is 1. The van der Waals surface area contributed by atoms with Gasteiger partial charge in [-0.2, -0.15) is 0 Å². The number of amides is 2. The van der Waals surface area contributed by atoms with Crippen molar-refractivity contribution in [1.82, 2.24) is 19.5 Å². The number of carbonyl (C=O) groups excluding carboxylic acids is 3. The second-order valence-electron chi connectivity index (χ2n) is 11.4. The Balaban J connectivity index is 1.62. The van der Waals surface area contributed by atoms with Gasteiger partial charge in [-0.3, -0.25) is 14.5 Å². The SMILES string of the molecule is CC(=O)c1c(-c2ccc(C(=O)Nc3cc(C(C)C)ccn3)cc2)nc([C@@H]2CCCCN2C(=O)OC(C)(C)C)n1N. The molecule has 1 fully saturated rings. The van der Waals surface area contributed by atoms with Crippen molar-refractivity contribution in [2.45, 2.75) is 78.4 Å². The summed E-state index contributed by atoms with van der Waals surface area (Å²) in [7, 11) is 0. The predicted molar refractivity (Wildman–Crippen MR) is 154 cm³/mol. The Bertz CT molecular complexity index is 1400. The van der Waals surface area contributed by atoms with Gasteiger partial charge < -0.3 is 15.9 Å². The number of carbonyl (C=O) groups is 3. The smallest absolute Gasteiger partial charge is 0.410 e. The summed E-state index contributed by atoms with van der Waals surface area (Å²) in [5.74, 6) is 7.10. The molecule has 1 aliphatic rings. The van der Waals surface area contributed by atoms with E-state index < -0.39 is 17.7 Å². The molecule has 212 valence electrons. The van der Waals surface area contributed by atoms with E-state index in [-0.39, 0.29) is 17.4 Å². The number of rotatable bonds is 6. The second-order valence-corrected chi connectivity index (χ2v) is 11.4. The van der Waals surface area contributed by atoms with Crippen LogP contribution in [0.1, 0.15) is 105 Å². The minimum atomic E-state index is -0.645. The fraction of sp³-hybridized carbons (Fsp3) is 0.433. The number of imidazole rings is 1. The van der Waals surface area contributed by atoms with Gasteiger partial charge in [-0.05, 0) is 75.8 Å². The molecule has 0 bridgehead atoms. The number of pyridine rings is 1. The van der Waals surface area contributed by atoms with E-state index in [4.69, 9.17) is 15.6 Å². The monoisotopic (exact) mass is 546 g/mol. The molecule has 2 aromatic heterocycles. The number of nitrogens with one attached hydrogen (secondary N) is 1. The number of aromatic nitrogens is 3. The van der Waals surface area contributed by atoms with Crippen LogP contribution >= 0.6 is 0 Å². The van der Waals surface area contributed by atoms with Crippen LogP contribution in [0.25, 0.3) is 11.3 Å². The number of hydrogen-bond acceptors (Lipinski definition) is 7. The largest absolute Gasteiger partial charge is 0.444 e. The maximum atomic E-state index is 13.0. The lowest BCUT2D eigenvalue weighted by Crippen LogP contribution is -2.43. The maximum absolute atomic E-state index is 13.0. The summed E-state index contributed by atoms with van der Waals surface area (Å²) in [6.07, 6.45) is 3.62. The zero-order valence-electron chi connectivity index (χ0n) is 24.0. The number of piperidine rings is 1. The van der Waals surface area contributed by atoms with Crippen molar-refractivity contribution in [2.24, 2.45) is 0 Å². The summed E-state index contributed by atoms with van der Waals surface area (Å²) in [6, 6.07) is 10.2. The maximum Gasteiger partial charge on any atom is 0.410 e. The minimum absolute atomic E-state index is 0.233. The lowest BCUT2D eigenvalue weighted by atomic mass is 10.0. The van der Waals surface area contributed by atoms with Crippen LogP contribution < -0.4 is 11.2 Å². The Morgan fingerprint density at radius 3 is 2.42 bits per heavy atom. The van der Waals surface area contributed by atoms with Crippen molar-refractivity contribution in [1.29, 1.82) is 0 Å². The molecule has 0 saturated carbocycles. The van der Waals surface area contributed by atoms with E-state index in [1.807, 2.05) is 32.9 Å². The zero-order valence-corrected chi connectivity index (χ0v) is 24.0. The van der Waals surface area contributed by atoms with Crippen LogP contribution in [0.5, 0.6) is 0 Å². The molecule has 0 spiro atoms. The molecule has 4 rings (SSSR count). The Labute approximate surface area is 234 Å². The number of hydrogen-bond donors (Lipinski definition) is 2. The second kappa shape index (κ2) is 11.5. The number of nitrogen functional groups attached to an aromatic ring is 1. The molecule has 3 heterocycles. The number of ether oxygens (including phenoxy) is 1. The highest BCUT2D eigenvalue weighted by Crippen LogP contribution is 2.34. The predicted octanol–water partition coefficient (Wildman–Crippen LogP) is 5.70. The first-order chi connectivity index (χ1) is 18.9. The third-order valence-corrected chi connectivity index (χ3v) is 6.81. The highest BCUT2D eigenvalue weighted by atomic mass is 16.6. The molecule has 40 heavy (non-hydrogen) atoms. The Hall–Kier alpha value is -4.21. The molecular weight excluding hydrogens is 508 g/mol. The molecule has 10 nitrogen and oxygen atoms in total. The summed E-state index contributed by atoms with van der Waals surface area (Å²) >= 11 is 0. The van der Waals surface area contributed by atoms with Crippen LogP contribution in [0.15, 0.2) is 42.6 Å². The van der Waals surface area contributed by atoms with Gasteiger partial charge in [0.15, 0.2) is 11.6 Å². The van der Waals surface area contributed by atoms with Gasteiger partial charge in [0.2, 0.25) is 0 Å². The molecule has 1 aromatic carbocycles. The van der Waals surface area contributed by atoms with Crippen molar-refractivity contribution < 1.29 is 19.1 Å². The molecular formula is C30H38N6O4. The molecule has 1 atom stereocenters. The van der Waals surface area contributed by atoms with Crippen molar-refractivity contribution in [3.05, 3.63) is 65.2 Å². The van der Waals surface area contributed by atoms with Crippen LogP contribution in [-0.2, 0) is 4.74 Å². The first-order valence-electron chi connectivity index (χ1n) is 13.6. The van der Waals surface area contributed by atoms with Gasteiger partial charge >= 0.3 is 6.09 Å². The first kappa shape index (κ1) is 28.8. The first-order valence-corrected chi connectivity index (χ1v) is 13.6. The van der Waals surface area contributed by atoms with Gasteiger partial charge in [-0.15, -0.1) is 0 Å². The third kappa shape index (κ3) is 6.32. The molecule has 1 saturated heterocycles. The topological polar surface area (TPSA) is 132 Å². The average molecular weight is 547 g/mol. The highest BCUT2D eigenvalue weighted by molar-refractivity contribution is 6.04. The Morgan fingerprint density at radius 2 is 1.80 bits per heavy atom. The summed E-state index contributed by atoms with van der Waals surface area (Å²) in [5.41, 5.74) is 2.13. The lowest BCUT2D eigenvalue weighted by molar-refractivity contribution is 0.00821. The molecule has 0 aliphatic carbocycles. The normalized spacial score (nSPS) is 15.7. The number of anilines is 1. The molecule has 0 unspecified atom stereocenters. The summed E-state index contributed by atoms with van der Waals surface area (Å²) < 4.78 is 6.92.